The van der Waals surface area contributed by atoms with Crippen LogP contribution in [0.5, 0.6) is 0 Å². The molecule has 0 aromatic heterocycles. The third-order valence-corrected chi connectivity index (χ3v) is 2.88. The highest BCUT2D eigenvalue weighted by molar-refractivity contribution is 9.10. The van der Waals surface area contributed by atoms with Crippen LogP contribution in [-0.2, 0) is 0 Å². The molecule has 0 heterocycles. The van der Waals surface area contributed by atoms with Crippen LogP contribution in [0.3, 0.4) is 0 Å². The minimum absolute atomic E-state index is 0.293. The largest absolute Gasteiger partial charge is 0.397 e. The molecule has 0 aliphatic rings. The number of rotatable bonds is 2. The Labute approximate surface area is 112 Å². The Kier molecular flexibility index (Phi) is 3.49. The summed E-state index contributed by atoms with van der Waals surface area (Å²) in [6, 6.07) is 11.4. The Hall–Kier alpha value is -2.06. The van der Waals surface area contributed by atoms with Crippen LogP contribution in [0, 0.1) is 17.1 Å². The van der Waals surface area contributed by atoms with Crippen LogP contribution in [0.1, 0.15) is 5.56 Å². The fourth-order valence-corrected chi connectivity index (χ4v) is 1.87. The zero-order valence-corrected chi connectivity index (χ0v) is 10.8. The Morgan fingerprint density at radius 3 is 2.56 bits per heavy atom. The number of anilines is 3. The number of benzene rings is 2. The molecule has 0 amide bonds. The van der Waals surface area contributed by atoms with Gasteiger partial charge < -0.3 is 11.1 Å². The molecule has 2 aromatic carbocycles. The summed E-state index contributed by atoms with van der Waals surface area (Å²) in [6.07, 6.45) is 0. The second-order valence-electron chi connectivity index (χ2n) is 3.66. The van der Waals surface area contributed by atoms with E-state index in [1.54, 1.807) is 12.1 Å². The first-order chi connectivity index (χ1) is 8.60. The van der Waals surface area contributed by atoms with Crippen LogP contribution >= 0.6 is 15.9 Å². The van der Waals surface area contributed by atoms with Crippen molar-refractivity contribution < 1.29 is 4.39 Å². The first-order valence-electron chi connectivity index (χ1n) is 5.12. The number of nitrogens with zero attached hydrogens (tertiary/aromatic N) is 1. The van der Waals surface area contributed by atoms with Crippen molar-refractivity contribution in [2.45, 2.75) is 0 Å². The Morgan fingerprint density at radius 1 is 1.17 bits per heavy atom. The molecule has 0 bridgehead atoms. The van der Waals surface area contributed by atoms with Gasteiger partial charge in [-0.05, 0) is 36.4 Å². The summed E-state index contributed by atoms with van der Waals surface area (Å²) in [5.74, 6) is -0.394. The van der Waals surface area contributed by atoms with E-state index in [1.807, 2.05) is 6.07 Å². The summed E-state index contributed by atoms with van der Waals surface area (Å²) < 4.78 is 13.7. The van der Waals surface area contributed by atoms with Gasteiger partial charge in [0.2, 0.25) is 0 Å². The van der Waals surface area contributed by atoms with E-state index in [0.717, 1.165) is 4.47 Å². The van der Waals surface area contributed by atoms with Crippen molar-refractivity contribution in [3.63, 3.8) is 0 Å². The van der Waals surface area contributed by atoms with E-state index in [1.165, 1.54) is 18.2 Å². The van der Waals surface area contributed by atoms with Gasteiger partial charge in [0.1, 0.15) is 11.9 Å². The first-order valence-corrected chi connectivity index (χ1v) is 5.91. The van der Waals surface area contributed by atoms with Gasteiger partial charge in [0.15, 0.2) is 0 Å². The highest BCUT2D eigenvalue weighted by Gasteiger charge is 2.06. The van der Waals surface area contributed by atoms with Crippen molar-refractivity contribution in [2.75, 3.05) is 11.1 Å². The molecule has 0 saturated heterocycles. The van der Waals surface area contributed by atoms with Crippen LogP contribution in [0.15, 0.2) is 40.9 Å². The molecule has 3 nitrogen and oxygen atoms in total. The zero-order valence-electron chi connectivity index (χ0n) is 9.24. The van der Waals surface area contributed by atoms with Gasteiger partial charge in [0, 0.05) is 4.47 Å². The fraction of sp³-hybridized carbons (Fsp3) is 0. The predicted octanol–water partition coefficient (Wildman–Crippen LogP) is 3.79. The van der Waals surface area contributed by atoms with Gasteiger partial charge >= 0.3 is 0 Å². The number of nitrogen functional groups attached to an aromatic ring is 1. The molecule has 2 rings (SSSR count). The van der Waals surface area contributed by atoms with Gasteiger partial charge in [-0.1, -0.05) is 15.9 Å². The highest BCUT2D eigenvalue weighted by Crippen LogP contribution is 2.27. The molecule has 0 aliphatic heterocycles. The van der Waals surface area contributed by atoms with Crippen molar-refractivity contribution in [3.8, 4) is 6.07 Å². The molecule has 90 valence electrons. The molecule has 5 heteroatoms. The Morgan fingerprint density at radius 2 is 1.89 bits per heavy atom. The van der Waals surface area contributed by atoms with Crippen molar-refractivity contribution in [3.05, 3.63) is 52.3 Å². The highest BCUT2D eigenvalue weighted by atomic mass is 79.9. The van der Waals surface area contributed by atoms with Gasteiger partial charge in [-0.15, -0.1) is 0 Å². The van der Waals surface area contributed by atoms with Crippen LogP contribution < -0.4 is 11.1 Å². The molecule has 0 fully saturated rings. The lowest BCUT2D eigenvalue weighted by atomic mass is 10.2. The number of hydrogen-bond acceptors (Lipinski definition) is 3. The smallest absolute Gasteiger partial charge is 0.125 e. The van der Waals surface area contributed by atoms with E-state index in [2.05, 4.69) is 27.3 Å². The van der Waals surface area contributed by atoms with Gasteiger partial charge in [-0.3, -0.25) is 0 Å². The molecule has 0 atom stereocenters. The molecule has 0 unspecified atom stereocenters. The average Bonchev–Trinajstić information content (AvgIpc) is 2.34. The summed E-state index contributed by atoms with van der Waals surface area (Å²) in [4.78, 5) is 0. The molecule has 3 N–H and O–H groups in total. The van der Waals surface area contributed by atoms with Crippen LogP contribution in [0.4, 0.5) is 21.5 Å². The van der Waals surface area contributed by atoms with E-state index < -0.39 is 5.82 Å². The monoisotopic (exact) mass is 305 g/mol. The van der Waals surface area contributed by atoms with E-state index >= 15 is 0 Å². The second-order valence-corrected chi connectivity index (χ2v) is 4.57. The van der Waals surface area contributed by atoms with Crippen LogP contribution in [0.25, 0.3) is 0 Å². The summed E-state index contributed by atoms with van der Waals surface area (Å²) >= 11 is 3.29. The third-order valence-electron chi connectivity index (χ3n) is 2.39. The minimum atomic E-state index is -0.394. The Balaban J connectivity index is 2.37. The van der Waals surface area contributed by atoms with Gasteiger partial charge in [-0.2, -0.15) is 5.26 Å². The quantitative estimate of drug-likeness (QED) is 0.830. The van der Waals surface area contributed by atoms with E-state index in [4.69, 9.17) is 11.0 Å². The number of halogens is 2. The SMILES string of the molecule is N#Cc1cc(Br)ccc1Nc1ccc(F)cc1N. The standard InChI is InChI=1S/C13H9BrFN3/c14-9-1-3-12(8(5-9)7-16)18-13-4-2-10(15)6-11(13)17/h1-6,18H,17H2. The van der Waals surface area contributed by atoms with E-state index in [-0.39, 0.29) is 0 Å². The van der Waals surface area contributed by atoms with E-state index in [9.17, 15) is 4.39 Å². The average molecular weight is 306 g/mol. The third kappa shape index (κ3) is 2.60. The summed E-state index contributed by atoms with van der Waals surface area (Å²) in [6.45, 7) is 0. The Bertz CT molecular complexity index is 635. The maximum Gasteiger partial charge on any atom is 0.125 e. The lowest BCUT2D eigenvalue weighted by Crippen LogP contribution is -1.98. The lowest BCUT2D eigenvalue weighted by molar-refractivity contribution is 0.628. The molecule has 2 aromatic rings. The molecule has 0 spiro atoms. The number of nitrogens with two attached hydrogens (primary N) is 1. The summed E-state index contributed by atoms with van der Waals surface area (Å²) in [5, 5.41) is 12.0. The van der Waals surface area contributed by atoms with Crippen molar-refractivity contribution >= 4 is 33.0 Å². The van der Waals surface area contributed by atoms with Gasteiger partial charge in [0.05, 0.1) is 22.6 Å². The second kappa shape index (κ2) is 5.07. The molecule has 0 radical (unpaired) electrons. The predicted molar refractivity (Wildman–Crippen MR) is 73.0 cm³/mol. The number of nitrogens with one attached hydrogen (secondary N) is 1. The fourth-order valence-electron chi connectivity index (χ4n) is 1.51. The lowest BCUT2D eigenvalue weighted by Gasteiger charge is -2.10. The van der Waals surface area contributed by atoms with E-state index in [0.29, 0.717) is 22.6 Å². The number of nitriles is 1. The minimum Gasteiger partial charge on any atom is -0.397 e. The first kappa shape index (κ1) is 12.4. The molecule has 0 aliphatic carbocycles. The van der Waals surface area contributed by atoms with Crippen molar-refractivity contribution in [2.24, 2.45) is 0 Å². The normalized spacial score (nSPS) is 9.83. The van der Waals surface area contributed by atoms with Crippen molar-refractivity contribution in [1.82, 2.24) is 0 Å². The maximum absolute atomic E-state index is 12.9. The van der Waals surface area contributed by atoms with Crippen LogP contribution in [0.2, 0.25) is 0 Å². The molecular weight excluding hydrogens is 297 g/mol. The van der Waals surface area contributed by atoms with Gasteiger partial charge in [-0.25, -0.2) is 4.39 Å². The molecular formula is C13H9BrFN3. The molecule has 0 saturated carbocycles. The molecule has 18 heavy (non-hydrogen) atoms. The number of hydrogen-bond donors (Lipinski definition) is 2. The topological polar surface area (TPSA) is 61.8 Å². The summed E-state index contributed by atoms with van der Waals surface area (Å²) in [7, 11) is 0. The van der Waals surface area contributed by atoms with Crippen LogP contribution in [-0.4, -0.2) is 0 Å². The zero-order chi connectivity index (χ0) is 13.1. The van der Waals surface area contributed by atoms with Gasteiger partial charge in [0.25, 0.3) is 0 Å². The summed E-state index contributed by atoms with van der Waals surface area (Å²) in [5.41, 5.74) is 7.66. The van der Waals surface area contributed by atoms with Crippen molar-refractivity contribution in [1.29, 1.82) is 5.26 Å². The maximum atomic E-state index is 12.9.